The minimum atomic E-state index is -0.877. The van der Waals surface area contributed by atoms with Crippen LogP contribution in [0.2, 0.25) is 0 Å². The van der Waals surface area contributed by atoms with Gasteiger partial charge in [0, 0.05) is 5.57 Å². The minimum absolute atomic E-state index is 0.0199. The van der Waals surface area contributed by atoms with Crippen molar-refractivity contribution < 1.29 is 14.3 Å². The summed E-state index contributed by atoms with van der Waals surface area (Å²) < 4.78 is 4.99. The van der Waals surface area contributed by atoms with Crippen LogP contribution in [0.25, 0.3) is 0 Å². The summed E-state index contributed by atoms with van der Waals surface area (Å²) in [7, 11) is 0. The zero-order valence-electron chi connectivity index (χ0n) is 7.82. The molecule has 1 aliphatic rings. The SMILES string of the molecule is CCC=C1C=C(C(N)=O)OC1C(N)=O. The van der Waals surface area contributed by atoms with Crippen molar-refractivity contribution in [3.05, 3.63) is 23.5 Å². The van der Waals surface area contributed by atoms with Crippen LogP contribution >= 0.6 is 0 Å². The minimum Gasteiger partial charge on any atom is -0.470 e. The summed E-state index contributed by atoms with van der Waals surface area (Å²) in [5.74, 6) is -1.35. The predicted octanol–water partition coefficient (Wildman–Crippen LogP) is -0.424. The number of carbonyl (C=O) groups excluding carboxylic acids is 2. The smallest absolute Gasteiger partial charge is 0.283 e. The monoisotopic (exact) mass is 196 g/mol. The number of nitrogens with two attached hydrogens (primary N) is 2. The number of hydrogen-bond donors (Lipinski definition) is 2. The Labute approximate surface area is 81.4 Å². The van der Waals surface area contributed by atoms with Crippen molar-refractivity contribution >= 4 is 11.8 Å². The number of primary amides is 2. The van der Waals surface area contributed by atoms with Crippen molar-refractivity contribution in [2.45, 2.75) is 19.4 Å². The Morgan fingerprint density at radius 2 is 2.21 bits per heavy atom. The van der Waals surface area contributed by atoms with Crippen molar-refractivity contribution in [2.75, 3.05) is 0 Å². The van der Waals surface area contributed by atoms with Crippen LogP contribution in [0.3, 0.4) is 0 Å². The van der Waals surface area contributed by atoms with Gasteiger partial charge in [0.05, 0.1) is 0 Å². The molecule has 0 aromatic carbocycles. The Morgan fingerprint density at radius 3 is 2.64 bits per heavy atom. The van der Waals surface area contributed by atoms with E-state index in [1.54, 1.807) is 6.08 Å². The Kier molecular flexibility index (Phi) is 2.91. The normalized spacial score (nSPS) is 23.1. The van der Waals surface area contributed by atoms with Gasteiger partial charge in [0.25, 0.3) is 11.8 Å². The molecule has 14 heavy (non-hydrogen) atoms. The van der Waals surface area contributed by atoms with E-state index < -0.39 is 17.9 Å². The van der Waals surface area contributed by atoms with Crippen LogP contribution in [0.1, 0.15) is 13.3 Å². The third-order valence-corrected chi connectivity index (χ3v) is 1.79. The fourth-order valence-electron chi connectivity index (χ4n) is 1.21. The van der Waals surface area contributed by atoms with Gasteiger partial charge in [0.1, 0.15) is 0 Å². The number of hydrogen-bond acceptors (Lipinski definition) is 3. The van der Waals surface area contributed by atoms with Crippen LogP contribution in [-0.4, -0.2) is 17.9 Å². The Hall–Kier alpha value is -1.78. The first-order valence-corrected chi connectivity index (χ1v) is 4.23. The molecule has 0 radical (unpaired) electrons. The first-order chi connectivity index (χ1) is 6.56. The highest BCUT2D eigenvalue weighted by molar-refractivity contribution is 5.94. The number of rotatable bonds is 3. The van der Waals surface area contributed by atoms with Crippen LogP contribution in [0.15, 0.2) is 23.5 Å². The molecule has 0 spiro atoms. The van der Waals surface area contributed by atoms with E-state index in [-0.39, 0.29) is 5.76 Å². The average molecular weight is 196 g/mol. The zero-order chi connectivity index (χ0) is 10.7. The molecule has 4 N–H and O–H groups in total. The zero-order valence-corrected chi connectivity index (χ0v) is 7.82. The second-order valence-corrected chi connectivity index (χ2v) is 2.89. The van der Waals surface area contributed by atoms with Crippen LogP contribution in [-0.2, 0) is 14.3 Å². The Bertz CT molecular complexity index is 331. The Balaban J connectivity index is 2.93. The molecule has 0 aliphatic carbocycles. The fraction of sp³-hybridized carbons (Fsp3) is 0.333. The van der Waals surface area contributed by atoms with Crippen molar-refractivity contribution in [3.63, 3.8) is 0 Å². The molecule has 1 heterocycles. The van der Waals surface area contributed by atoms with Crippen LogP contribution in [0.5, 0.6) is 0 Å². The highest BCUT2D eigenvalue weighted by Gasteiger charge is 2.30. The summed E-state index contributed by atoms with van der Waals surface area (Å²) in [6, 6.07) is 0. The molecule has 1 atom stereocenters. The van der Waals surface area contributed by atoms with Gasteiger partial charge >= 0.3 is 0 Å². The number of ether oxygens (including phenoxy) is 1. The second kappa shape index (κ2) is 3.95. The summed E-state index contributed by atoms with van der Waals surface area (Å²) in [5.41, 5.74) is 10.7. The highest BCUT2D eigenvalue weighted by Crippen LogP contribution is 2.22. The van der Waals surface area contributed by atoms with Crippen molar-refractivity contribution in [1.29, 1.82) is 0 Å². The van der Waals surface area contributed by atoms with Crippen molar-refractivity contribution in [3.8, 4) is 0 Å². The second-order valence-electron chi connectivity index (χ2n) is 2.89. The lowest BCUT2D eigenvalue weighted by molar-refractivity contribution is -0.126. The van der Waals surface area contributed by atoms with E-state index in [4.69, 9.17) is 16.2 Å². The molecule has 0 aromatic heterocycles. The van der Waals surface area contributed by atoms with E-state index in [9.17, 15) is 9.59 Å². The van der Waals surface area contributed by atoms with E-state index in [2.05, 4.69) is 0 Å². The van der Waals surface area contributed by atoms with Crippen molar-refractivity contribution in [2.24, 2.45) is 11.5 Å². The third kappa shape index (κ3) is 1.93. The molecule has 0 saturated heterocycles. The number of carbonyl (C=O) groups is 2. The molecule has 2 amide bonds. The van der Waals surface area contributed by atoms with Crippen LogP contribution in [0.4, 0.5) is 0 Å². The molecular formula is C9H12N2O3. The summed E-state index contributed by atoms with van der Waals surface area (Å²) in [6.45, 7) is 1.90. The molecule has 0 fully saturated rings. The van der Waals surface area contributed by atoms with Gasteiger partial charge in [-0.25, -0.2) is 0 Å². The van der Waals surface area contributed by atoms with Gasteiger partial charge in [-0.3, -0.25) is 9.59 Å². The average Bonchev–Trinajstić information content (AvgIpc) is 2.49. The van der Waals surface area contributed by atoms with Gasteiger partial charge in [0.2, 0.25) is 6.10 Å². The van der Waals surface area contributed by atoms with Crippen LogP contribution < -0.4 is 11.5 Å². The van der Waals surface area contributed by atoms with E-state index in [0.29, 0.717) is 5.57 Å². The topological polar surface area (TPSA) is 95.4 Å². The molecule has 0 aromatic rings. The van der Waals surface area contributed by atoms with Crippen molar-refractivity contribution in [1.82, 2.24) is 0 Å². The maximum Gasteiger partial charge on any atom is 0.283 e. The highest BCUT2D eigenvalue weighted by atomic mass is 16.5. The lowest BCUT2D eigenvalue weighted by Crippen LogP contribution is -2.30. The summed E-state index contributed by atoms with van der Waals surface area (Å²) in [5, 5.41) is 0. The molecule has 5 heteroatoms. The maximum absolute atomic E-state index is 10.9. The largest absolute Gasteiger partial charge is 0.470 e. The fourth-order valence-corrected chi connectivity index (χ4v) is 1.21. The van der Waals surface area contributed by atoms with Crippen LogP contribution in [0, 0.1) is 0 Å². The molecule has 0 bridgehead atoms. The lowest BCUT2D eigenvalue weighted by atomic mass is 10.1. The lowest BCUT2D eigenvalue weighted by Gasteiger charge is -2.08. The maximum atomic E-state index is 10.9. The molecule has 1 aliphatic heterocycles. The predicted molar refractivity (Wildman–Crippen MR) is 49.7 cm³/mol. The first-order valence-electron chi connectivity index (χ1n) is 4.23. The van der Waals surface area contributed by atoms with E-state index in [1.807, 2.05) is 6.92 Å². The molecule has 1 unspecified atom stereocenters. The summed E-state index contributed by atoms with van der Waals surface area (Å²) >= 11 is 0. The van der Waals surface area contributed by atoms with Gasteiger partial charge in [0.15, 0.2) is 5.76 Å². The molecule has 5 nitrogen and oxygen atoms in total. The molecular weight excluding hydrogens is 184 g/mol. The first kappa shape index (κ1) is 10.3. The van der Waals surface area contributed by atoms with Gasteiger partial charge in [-0.15, -0.1) is 0 Å². The van der Waals surface area contributed by atoms with E-state index in [0.717, 1.165) is 6.42 Å². The number of amides is 2. The van der Waals surface area contributed by atoms with Gasteiger partial charge in [-0.2, -0.15) is 0 Å². The third-order valence-electron chi connectivity index (χ3n) is 1.79. The summed E-state index contributed by atoms with van der Waals surface area (Å²) in [4.78, 5) is 21.7. The summed E-state index contributed by atoms with van der Waals surface area (Å²) in [6.07, 6.45) is 3.06. The Morgan fingerprint density at radius 1 is 1.57 bits per heavy atom. The molecule has 0 saturated carbocycles. The molecule has 1 rings (SSSR count). The number of allylic oxidation sites excluding steroid dienone is 1. The quantitative estimate of drug-likeness (QED) is 0.641. The van der Waals surface area contributed by atoms with Gasteiger partial charge in [-0.05, 0) is 12.5 Å². The van der Waals surface area contributed by atoms with Gasteiger partial charge in [-0.1, -0.05) is 13.0 Å². The van der Waals surface area contributed by atoms with E-state index in [1.165, 1.54) is 6.08 Å². The van der Waals surface area contributed by atoms with E-state index >= 15 is 0 Å². The molecule has 76 valence electrons. The van der Waals surface area contributed by atoms with Gasteiger partial charge < -0.3 is 16.2 Å². The standard InChI is InChI=1S/C9H12N2O3/c1-2-3-5-4-6(8(10)12)14-7(5)9(11)13/h3-4,7H,2H2,1H3,(H2,10,12)(H2,11,13).